The van der Waals surface area contributed by atoms with E-state index in [2.05, 4.69) is 41.9 Å². The number of aryl methyl sites for hydroxylation is 1. The highest BCUT2D eigenvalue weighted by Crippen LogP contribution is 2.24. The summed E-state index contributed by atoms with van der Waals surface area (Å²) in [6.07, 6.45) is 3.10. The number of pyridine rings is 1. The van der Waals surface area contributed by atoms with E-state index in [4.69, 9.17) is 11.6 Å². The van der Waals surface area contributed by atoms with Crippen LogP contribution in [0.15, 0.2) is 12.3 Å². The largest absolute Gasteiger partial charge is 0.355 e. The maximum absolute atomic E-state index is 5.82. The van der Waals surface area contributed by atoms with Crippen LogP contribution in [0.2, 0.25) is 0 Å². The second kappa shape index (κ2) is 5.23. The van der Waals surface area contributed by atoms with E-state index >= 15 is 0 Å². The van der Waals surface area contributed by atoms with E-state index in [-0.39, 0.29) is 0 Å². The summed E-state index contributed by atoms with van der Waals surface area (Å²) in [6.45, 7) is 4.28. The third-order valence-corrected chi connectivity index (χ3v) is 3.76. The highest BCUT2D eigenvalue weighted by molar-refractivity contribution is 6.17. The number of anilines is 1. The molecule has 1 aromatic heterocycles. The van der Waals surface area contributed by atoms with Crippen molar-refractivity contribution in [3.05, 3.63) is 23.4 Å². The standard InChI is InChI=1S/C13H20ClN3/c1-10-6-11(7-14)8-15-13(10)17-5-4-12(9-17)16(2)3/h6,8,12H,4-5,7,9H2,1-3H3. The third-order valence-electron chi connectivity index (χ3n) is 3.45. The van der Waals surface area contributed by atoms with Crippen LogP contribution in [-0.4, -0.2) is 43.1 Å². The maximum Gasteiger partial charge on any atom is 0.131 e. The van der Waals surface area contributed by atoms with Crippen molar-refractivity contribution in [3.63, 3.8) is 0 Å². The average Bonchev–Trinajstić information content (AvgIpc) is 2.78. The van der Waals surface area contributed by atoms with Crippen molar-refractivity contribution >= 4 is 17.4 Å². The van der Waals surface area contributed by atoms with Gasteiger partial charge in [-0.3, -0.25) is 0 Å². The second-order valence-corrected chi connectivity index (χ2v) is 5.24. The number of halogens is 1. The molecule has 0 radical (unpaired) electrons. The fourth-order valence-corrected chi connectivity index (χ4v) is 2.53. The maximum atomic E-state index is 5.82. The summed E-state index contributed by atoms with van der Waals surface area (Å²) in [4.78, 5) is 9.21. The quantitative estimate of drug-likeness (QED) is 0.771. The normalized spacial score (nSPS) is 20.3. The average molecular weight is 254 g/mol. The lowest BCUT2D eigenvalue weighted by Crippen LogP contribution is -2.32. The van der Waals surface area contributed by atoms with E-state index in [1.165, 1.54) is 12.0 Å². The van der Waals surface area contributed by atoms with Crippen LogP contribution < -0.4 is 4.90 Å². The van der Waals surface area contributed by atoms with Gasteiger partial charge in [0.25, 0.3) is 0 Å². The van der Waals surface area contributed by atoms with Crippen molar-refractivity contribution in [1.29, 1.82) is 0 Å². The number of nitrogens with zero attached hydrogens (tertiary/aromatic N) is 3. The summed E-state index contributed by atoms with van der Waals surface area (Å²) < 4.78 is 0. The zero-order valence-electron chi connectivity index (χ0n) is 10.8. The lowest BCUT2D eigenvalue weighted by atomic mass is 10.2. The van der Waals surface area contributed by atoms with Crippen molar-refractivity contribution in [2.75, 3.05) is 32.1 Å². The topological polar surface area (TPSA) is 19.4 Å². The molecule has 2 heterocycles. The molecule has 3 nitrogen and oxygen atoms in total. The number of likely N-dealkylation sites (N-methyl/N-ethyl adjacent to an activating group) is 1. The first-order valence-electron chi connectivity index (χ1n) is 6.04. The van der Waals surface area contributed by atoms with E-state index in [9.17, 15) is 0 Å². The predicted octanol–water partition coefficient (Wildman–Crippen LogP) is 2.27. The molecule has 0 amide bonds. The third kappa shape index (κ3) is 2.72. The molecule has 0 bridgehead atoms. The van der Waals surface area contributed by atoms with Gasteiger partial charge in [0.05, 0.1) is 0 Å². The van der Waals surface area contributed by atoms with Crippen molar-refractivity contribution in [2.24, 2.45) is 0 Å². The van der Waals surface area contributed by atoms with Gasteiger partial charge in [0.2, 0.25) is 0 Å². The Balaban J connectivity index is 2.13. The van der Waals surface area contributed by atoms with Crippen molar-refractivity contribution in [2.45, 2.75) is 25.3 Å². The molecule has 1 saturated heterocycles. The van der Waals surface area contributed by atoms with Crippen molar-refractivity contribution < 1.29 is 0 Å². The Labute approximate surface area is 108 Å². The van der Waals surface area contributed by atoms with Crippen molar-refractivity contribution in [1.82, 2.24) is 9.88 Å². The van der Waals surface area contributed by atoms with Crippen LogP contribution in [-0.2, 0) is 5.88 Å². The number of alkyl halides is 1. The highest BCUT2D eigenvalue weighted by Gasteiger charge is 2.25. The number of hydrogen-bond donors (Lipinski definition) is 0. The molecule has 0 N–H and O–H groups in total. The van der Waals surface area contributed by atoms with E-state index in [1.807, 2.05) is 6.20 Å². The molecule has 1 aromatic rings. The number of rotatable bonds is 3. The Morgan fingerprint density at radius 1 is 1.53 bits per heavy atom. The molecule has 94 valence electrons. The Kier molecular flexibility index (Phi) is 3.89. The summed E-state index contributed by atoms with van der Waals surface area (Å²) in [5.74, 6) is 1.65. The first-order chi connectivity index (χ1) is 8.11. The highest BCUT2D eigenvalue weighted by atomic mass is 35.5. The minimum Gasteiger partial charge on any atom is -0.355 e. The van der Waals surface area contributed by atoms with E-state index < -0.39 is 0 Å². The summed E-state index contributed by atoms with van der Waals surface area (Å²) in [7, 11) is 4.29. The van der Waals surface area contributed by atoms with Crippen molar-refractivity contribution in [3.8, 4) is 0 Å². The van der Waals surface area contributed by atoms with Gasteiger partial charge in [-0.2, -0.15) is 0 Å². The molecular weight excluding hydrogens is 234 g/mol. The molecule has 0 saturated carbocycles. The smallest absolute Gasteiger partial charge is 0.131 e. The predicted molar refractivity (Wildman–Crippen MR) is 72.8 cm³/mol. The Morgan fingerprint density at radius 2 is 2.29 bits per heavy atom. The molecule has 1 fully saturated rings. The van der Waals surface area contributed by atoms with Gasteiger partial charge in [-0.25, -0.2) is 4.98 Å². The second-order valence-electron chi connectivity index (χ2n) is 4.97. The Morgan fingerprint density at radius 3 is 2.82 bits per heavy atom. The van der Waals surface area contributed by atoms with Crippen LogP contribution in [0.4, 0.5) is 5.82 Å². The van der Waals surface area contributed by atoms with Gasteiger partial charge >= 0.3 is 0 Å². The lowest BCUT2D eigenvalue weighted by Gasteiger charge is -2.22. The molecule has 1 aliphatic rings. The van der Waals surface area contributed by atoms with Crippen LogP contribution in [0.5, 0.6) is 0 Å². The molecule has 1 unspecified atom stereocenters. The molecule has 0 aliphatic carbocycles. The fourth-order valence-electron chi connectivity index (χ4n) is 2.39. The number of hydrogen-bond acceptors (Lipinski definition) is 3. The van der Waals surface area contributed by atoms with E-state index in [1.54, 1.807) is 0 Å². The van der Waals surface area contributed by atoms with Crippen LogP contribution >= 0.6 is 11.6 Å². The molecule has 2 rings (SSSR count). The molecule has 4 heteroatoms. The van der Waals surface area contributed by atoms with E-state index in [0.717, 1.165) is 24.5 Å². The molecule has 1 atom stereocenters. The minimum absolute atomic E-state index is 0.536. The van der Waals surface area contributed by atoms with Crippen LogP contribution in [0.25, 0.3) is 0 Å². The Hall–Kier alpha value is -0.800. The van der Waals surface area contributed by atoms with Gasteiger partial charge in [0.15, 0.2) is 0 Å². The SMILES string of the molecule is Cc1cc(CCl)cnc1N1CCC(N(C)C)C1. The van der Waals surface area contributed by atoms with Gasteiger partial charge in [-0.1, -0.05) is 0 Å². The summed E-state index contributed by atoms with van der Waals surface area (Å²) >= 11 is 5.82. The molecule has 17 heavy (non-hydrogen) atoms. The molecule has 0 spiro atoms. The van der Waals surface area contributed by atoms with E-state index in [0.29, 0.717) is 11.9 Å². The molecule has 1 aliphatic heterocycles. The number of aromatic nitrogens is 1. The monoisotopic (exact) mass is 253 g/mol. The fraction of sp³-hybridized carbons (Fsp3) is 0.615. The lowest BCUT2D eigenvalue weighted by molar-refractivity contribution is 0.315. The van der Waals surface area contributed by atoms with Gasteiger partial charge in [-0.05, 0) is 44.6 Å². The summed E-state index contributed by atoms with van der Waals surface area (Å²) in [5.41, 5.74) is 2.32. The van der Waals surface area contributed by atoms with Gasteiger partial charge in [0.1, 0.15) is 5.82 Å². The minimum atomic E-state index is 0.536. The first kappa shape index (κ1) is 12.7. The van der Waals surface area contributed by atoms with Gasteiger partial charge in [-0.15, -0.1) is 11.6 Å². The first-order valence-corrected chi connectivity index (χ1v) is 6.58. The van der Waals surface area contributed by atoms with Crippen LogP contribution in [0.1, 0.15) is 17.5 Å². The zero-order chi connectivity index (χ0) is 12.4. The molecular formula is C13H20ClN3. The summed E-state index contributed by atoms with van der Waals surface area (Å²) in [5, 5.41) is 0. The van der Waals surface area contributed by atoms with Gasteiger partial charge in [0, 0.05) is 31.2 Å². The summed E-state index contributed by atoms with van der Waals surface area (Å²) in [6, 6.07) is 2.78. The Bertz CT molecular complexity index is 392. The molecule has 0 aromatic carbocycles. The van der Waals surface area contributed by atoms with Crippen LogP contribution in [0.3, 0.4) is 0 Å². The zero-order valence-corrected chi connectivity index (χ0v) is 11.5. The van der Waals surface area contributed by atoms with Gasteiger partial charge < -0.3 is 9.80 Å². The van der Waals surface area contributed by atoms with Crippen LogP contribution in [0, 0.1) is 6.92 Å².